The molecule has 0 saturated heterocycles. The van der Waals surface area contributed by atoms with E-state index in [1.165, 1.54) is 173 Å². The lowest BCUT2D eigenvalue weighted by molar-refractivity contribution is -0.167. The fourth-order valence-corrected chi connectivity index (χ4v) is 9.21. The maximum atomic E-state index is 12.8. The van der Waals surface area contributed by atoms with Gasteiger partial charge in [0.25, 0.3) is 0 Å². The third-order valence-electron chi connectivity index (χ3n) is 14.0. The van der Waals surface area contributed by atoms with E-state index >= 15 is 0 Å². The van der Waals surface area contributed by atoms with Crippen molar-refractivity contribution >= 4 is 17.9 Å². The minimum absolute atomic E-state index is 0.0826. The monoisotopic (exact) mass is 1030 g/mol. The van der Waals surface area contributed by atoms with Crippen LogP contribution in [0, 0.1) is 0 Å². The zero-order chi connectivity index (χ0) is 53.6. The van der Waals surface area contributed by atoms with E-state index in [0.717, 1.165) is 109 Å². The molecule has 0 aliphatic heterocycles. The fraction of sp³-hybridized carbons (Fsp3) is 0.779. The van der Waals surface area contributed by atoms with Crippen molar-refractivity contribution in [2.45, 2.75) is 329 Å². The van der Waals surface area contributed by atoms with E-state index in [4.69, 9.17) is 14.2 Å². The molecule has 0 rings (SSSR count). The SMILES string of the molecule is CC/C=C\C/C=C\C/C=C\C/C=C\C/C=C\C/C=C\CCCCCCC(=O)OC(COC(=O)CCCCCCCCC)COC(=O)CCCCCCCCCCCCCCCCCCCCCCCCCCCC. The Bertz CT molecular complexity index is 1370. The molecular weight excluding hydrogens is 913 g/mol. The third kappa shape index (κ3) is 59.7. The minimum atomic E-state index is -0.786. The van der Waals surface area contributed by atoms with Gasteiger partial charge in [-0.15, -0.1) is 0 Å². The smallest absolute Gasteiger partial charge is 0.306 e. The molecule has 0 amide bonds. The van der Waals surface area contributed by atoms with Crippen molar-refractivity contribution < 1.29 is 28.6 Å². The predicted octanol–water partition coefficient (Wildman–Crippen LogP) is 21.7. The maximum Gasteiger partial charge on any atom is 0.306 e. The van der Waals surface area contributed by atoms with Crippen LogP contribution in [0.5, 0.6) is 0 Å². The standard InChI is InChI=1S/C68H120O6/c1-4-7-10-13-16-18-20-22-24-26-28-30-32-33-34-36-37-39-41-43-45-47-49-52-55-58-61-67(70)73-64-65(63-72-66(69)60-57-54-51-15-12-9-6-3)74-68(71)62-59-56-53-50-48-46-44-42-40-38-35-31-29-27-25-23-21-19-17-14-11-8-5-2/h8,11,17,19,23,25,29,31,38,40,44,46,65H,4-7,9-10,12-16,18,20-22,24,26-28,30,32-37,39,41-43,45,47-64H2,1-3H3/b11-8-,19-17-,25-23-,31-29-,40-38-,46-44-. The van der Waals surface area contributed by atoms with E-state index < -0.39 is 6.10 Å². The fourth-order valence-electron chi connectivity index (χ4n) is 9.21. The Balaban J connectivity index is 4.15. The molecular formula is C68H120O6. The second-order valence-electron chi connectivity index (χ2n) is 21.3. The normalized spacial score (nSPS) is 12.5. The second-order valence-corrected chi connectivity index (χ2v) is 21.3. The molecule has 0 spiro atoms. The molecule has 1 atom stereocenters. The summed E-state index contributed by atoms with van der Waals surface area (Å²) in [7, 11) is 0. The Morgan fingerprint density at radius 1 is 0.284 bits per heavy atom. The molecule has 1 unspecified atom stereocenters. The van der Waals surface area contributed by atoms with Crippen molar-refractivity contribution in [1.82, 2.24) is 0 Å². The number of rotatable bonds is 58. The molecule has 0 aliphatic carbocycles. The van der Waals surface area contributed by atoms with Crippen LogP contribution in [-0.2, 0) is 28.6 Å². The van der Waals surface area contributed by atoms with Crippen LogP contribution < -0.4 is 0 Å². The van der Waals surface area contributed by atoms with E-state index in [-0.39, 0.29) is 31.1 Å². The number of hydrogen-bond acceptors (Lipinski definition) is 6. The van der Waals surface area contributed by atoms with Crippen molar-refractivity contribution in [2.75, 3.05) is 13.2 Å². The Morgan fingerprint density at radius 3 is 0.824 bits per heavy atom. The molecule has 428 valence electrons. The van der Waals surface area contributed by atoms with Gasteiger partial charge in [-0.3, -0.25) is 14.4 Å². The van der Waals surface area contributed by atoms with Crippen LogP contribution in [0.3, 0.4) is 0 Å². The van der Waals surface area contributed by atoms with E-state index in [1.54, 1.807) is 0 Å². The number of hydrogen-bond donors (Lipinski definition) is 0. The summed E-state index contributed by atoms with van der Waals surface area (Å²) in [6.07, 6.45) is 80.9. The third-order valence-corrected chi connectivity index (χ3v) is 14.0. The number of allylic oxidation sites excluding steroid dienone is 12. The van der Waals surface area contributed by atoms with Crippen molar-refractivity contribution in [3.8, 4) is 0 Å². The number of esters is 3. The van der Waals surface area contributed by atoms with E-state index in [2.05, 4.69) is 93.7 Å². The first-order valence-electron chi connectivity index (χ1n) is 31.9. The van der Waals surface area contributed by atoms with Crippen LogP contribution in [0.25, 0.3) is 0 Å². The van der Waals surface area contributed by atoms with Crippen LogP contribution >= 0.6 is 0 Å². The van der Waals surface area contributed by atoms with Gasteiger partial charge in [-0.25, -0.2) is 0 Å². The van der Waals surface area contributed by atoms with Gasteiger partial charge in [-0.1, -0.05) is 306 Å². The van der Waals surface area contributed by atoms with Crippen molar-refractivity contribution in [1.29, 1.82) is 0 Å². The van der Waals surface area contributed by atoms with Crippen LogP contribution in [0.4, 0.5) is 0 Å². The molecule has 0 fully saturated rings. The summed E-state index contributed by atoms with van der Waals surface area (Å²) >= 11 is 0. The molecule has 6 nitrogen and oxygen atoms in total. The Kier molecular flexibility index (Phi) is 59.7. The Labute approximate surface area is 459 Å². The average molecular weight is 1030 g/mol. The van der Waals surface area contributed by atoms with E-state index in [1.807, 2.05) is 0 Å². The molecule has 0 bridgehead atoms. The lowest BCUT2D eigenvalue weighted by atomic mass is 10.0. The van der Waals surface area contributed by atoms with Crippen LogP contribution in [-0.4, -0.2) is 37.2 Å². The van der Waals surface area contributed by atoms with Crippen molar-refractivity contribution in [3.05, 3.63) is 72.9 Å². The lowest BCUT2D eigenvalue weighted by Crippen LogP contribution is -2.30. The van der Waals surface area contributed by atoms with Crippen LogP contribution in [0.15, 0.2) is 72.9 Å². The summed E-state index contributed by atoms with van der Waals surface area (Å²) < 4.78 is 16.8. The first kappa shape index (κ1) is 70.8. The molecule has 0 radical (unpaired) electrons. The molecule has 0 N–H and O–H groups in total. The zero-order valence-corrected chi connectivity index (χ0v) is 49.1. The van der Waals surface area contributed by atoms with Gasteiger partial charge in [0.1, 0.15) is 13.2 Å². The molecule has 0 aromatic carbocycles. The Morgan fingerprint density at radius 2 is 0.527 bits per heavy atom. The van der Waals surface area contributed by atoms with E-state index in [0.29, 0.717) is 19.3 Å². The summed E-state index contributed by atoms with van der Waals surface area (Å²) in [5.74, 6) is -0.901. The van der Waals surface area contributed by atoms with Gasteiger partial charge in [0.2, 0.25) is 0 Å². The molecule has 0 heterocycles. The summed E-state index contributed by atoms with van der Waals surface area (Å²) in [6.45, 7) is 6.50. The van der Waals surface area contributed by atoms with Gasteiger partial charge in [0.15, 0.2) is 6.10 Å². The van der Waals surface area contributed by atoms with Crippen LogP contribution in [0.1, 0.15) is 323 Å². The second kappa shape index (κ2) is 62.4. The van der Waals surface area contributed by atoms with Gasteiger partial charge in [-0.05, 0) is 70.6 Å². The number of carbonyl (C=O) groups excluding carboxylic acids is 3. The molecule has 0 aromatic rings. The van der Waals surface area contributed by atoms with Gasteiger partial charge in [0.05, 0.1) is 0 Å². The van der Waals surface area contributed by atoms with Crippen molar-refractivity contribution in [2.24, 2.45) is 0 Å². The van der Waals surface area contributed by atoms with Gasteiger partial charge < -0.3 is 14.2 Å². The topological polar surface area (TPSA) is 78.9 Å². The lowest BCUT2D eigenvalue weighted by Gasteiger charge is -2.18. The highest BCUT2D eigenvalue weighted by Gasteiger charge is 2.19. The first-order chi connectivity index (χ1) is 36.5. The summed E-state index contributed by atoms with van der Waals surface area (Å²) in [5.41, 5.74) is 0. The summed E-state index contributed by atoms with van der Waals surface area (Å²) in [4.78, 5) is 38.1. The molecule has 6 heteroatoms. The number of ether oxygens (including phenoxy) is 3. The minimum Gasteiger partial charge on any atom is -0.462 e. The van der Waals surface area contributed by atoms with E-state index in [9.17, 15) is 14.4 Å². The number of carbonyl (C=O) groups is 3. The molecule has 0 aliphatic rings. The number of unbranched alkanes of at least 4 members (excludes halogenated alkanes) is 35. The first-order valence-corrected chi connectivity index (χ1v) is 31.9. The van der Waals surface area contributed by atoms with Gasteiger partial charge >= 0.3 is 17.9 Å². The molecule has 0 saturated carbocycles. The maximum absolute atomic E-state index is 12.8. The quantitative estimate of drug-likeness (QED) is 0.0261. The highest BCUT2D eigenvalue weighted by atomic mass is 16.6. The summed E-state index contributed by atoms with van der Waals surface area (Å²) in [6, 6.07) is 0. The van der Waals surface area contributed by atoms with Crippen LogP contribution in [0.2, 0.25) is 0 Å². The molecule has 0 aromatic heterocycles. The van der Waals surface area contributed by atoms with Gasteiger partial charge in [-0.2, -0.15) is 0 Å². The molecule has 74 heavy (non-hydrogen) atoms. The summed E-state index contributed by atoms with van der Waals surface area (Å²) in [5, 5.41) is 0. The van der Waals surface area contributed by atoms with Crippen molar-refractivity contribution in [3.63, 3.8) is 0 Å². The highest BCUT2D eigenvalue weighted by molar-refractivity contribution is 5.71. The Hall–Kier alpha value is -3.15. The van der Waals surface area contributed by atoms with Gasteiger partial charge in [0, 0.05) is 19.3 Å². The zero-order valence-electron chi connectivity index (χ0n) is 49.1. The average Bonchev–Trinajstić information content (AvgIpc) is 3.40. The predicted molar refractivity (Wildman–Crippen MR) is 321 cm³/mol. The largest absolute Gasteiger partial charge is 0.462 e. The highest BCUT2D eigenvalue weighted by Crippen LogP contribution is 2.17.